The van der Waals surface area contributed by atoms with Crippen LogP contribution in [-0.4, -0.2) is 31.3 Å². The van der Waals surface area contributed by atoms with Gasteiger partial charge in [-0.2, -0.15) is 0 Å². The van der Waals surface area contributed by atoms with E-state index in [4.69, 9.17) is 0 Å². The summed E-state index contributed by atoms with van der Waals surface area (Å²) in [6.45, 7) is 4.58. The van der Waals surface area contributed by atoms with Crippen molar-refractivity contribution < 1.29 is 9.50 Å². The van der Waals surface area contributed by atoms with Gasteiger partial charge in [-0.1, -0.05) is 12.8 Å². The first-order valence-corrected chi connectivity index (χ1v) is 7.93. The molecule has 0 amide bonds. The highest BCUT2D eigenvalue weighted by atomic mass is 19.1. The van der Waals surface area contributed by atoms with Crippen LogP contribution in [0.2, 0.25) is 0 Å². The molecule has 0 spiro atoms. The lowest BCUT2D eigenvalue weighted by atomic mass is 10.0. The Morgan fingerprint density at radius 2 is 2.05 bits per heavy atom. The minimum atomic E-state index is -0.161. The average Bonchev–Trinajstić information content (AvgIpc) is 3.00. The highest BCUT2D eigenvalue weighted by molar-refractivity contribution is 5.58. The fourth-order valence-corrected chi connectivity index (χ4v) is 3.26. The SMILES string of the molecule is CNC(C)c1cc(F)c(C)cc1N(CCO)C1CCCC1. The second-order valence-electron chi connectivity index (χ2n) is 6.03. The van der Waals surface area contributed by atoms with Crippen molar-refractivity contribution >= 4 is 5.69 Å². The number of nitrogens with zero attached hydrogens (tertiary/aromatic N) is 1. The molecule has 0 saturated heterocycles. The van der Waals surface area contributed by atoms with E-state index in [1.807, 2.05) is 20.0 Å². The van der Waals surface area contributed by atoms with Crippen molar-refractivity contribution in [2.75, 3.05) is 25.1 Å². The Bertz CT molecular complexity index is 472. The lowest BCUT2D eigenvalue weighted by Gasteiger charge is -2.34. The van der Waals surface area contributed by atoms with Gasteiger partial charge in [-0.3, -0.25) is 0 Å². The summed E-state index contributed by atoms with van der Waals surface area (Å²) >= 11 is 0. The first kappa shape index (κ1) is 16.2. The van der Waals surface area contributed by atoms with Crippen molar-refractivity contribution in [3.63, 3.8) is 0 Å². The van der Waals surface area contributed by atoms with E-state index in [9.17, 15) is 9.50 Å². The molecule has 1 saturated carbocycles. The summed E-state index contributed by atoms with van der Waals surface area (Å²) < 4.78 is 14.0. The van der Waals surface area contributed by atoms with Crippen LogP contribution in [0.4, 0.5) is 10.1 Å². The third-order valence-electron chi connectivity index (χ3n) is 4.62. The van der Waals surface area contributed by atoms with Crippen molar-refractivity contribution in [1.82, 2.24) is 5.32 Å². The van der Waals surface area contributed by atoms with E-state index in [1.54, 1.807) is 13.0 Å². The van der Waals surface area contributed by atoms with Gasteiger partial charge >= 0.3 is 0 Å². The van der Waals surface area contributed by atoms with Crippen LogP contribution in [0.5, 0.6) is 0 Å². The minimum Gasteiger partial charge on any atom is -0.395 e. The van der Waals surface area contributed by atoms with E-state index in [0.29, 0.717) is 18.2 Å². The predicted molar refractivity (Wildman–Crippen MR) is 85.3 cm³/mol. The summed E-state index contributed by atoms with van der Waals surface area (Å²) in [6.07, 6.45) is 4.79. The van der Waals surface area contributed by atoms with Crippen molar-refractivity contribution in [2.45, 2.75) is 51.6 Å². The number of aliphatic hydroxyl groups excluding tert-OH is 1. The Balaban J connectivity index is 2.43. The molecule has 1 aliphatic rings. The number of hydrogen-bond donors (Lipinski definition) is 2. The predicted octanol–water partition coefficient (Wildman–Crippen LogP) is 3.16. The average molecular weight is 294 g/mol. The Morgan fingerprint density at radius 3 is 2.62 bits per heavy atom. The Morgan fingerprint density at radius 1 is 1.38 bits per heavy atom. The fourth-order valence-electron chi connectivity index (χ4n) is 3.26. The molecule has 0 bridgehead atoms. The zero-order valence-electron chi connectivity index (χ0n) is 13.3. The number of halogens is 1. The van der Waals surface area contributed by atoms with Crippen LogP contribution in [0.3, 0.4) is 0 Å². The Kier molecular flexibility index (Phi) is 5.59. The molecule has 0 aliphatic heterocycles. The molecular weight excluding hydrogens is 267 g/mol. The normalized spacial score (nSPS) is 17.2. The summed E-state index contributed by atoms with van der Waals surface area (Å²) in [6, 6.07) is 4.12. The van der Waals surface area contributed by atoms with Crippen molar-refractivity contribution in [2.24, 2.45) is 0 Å². The van der Waals surface area contributed by atoms with E-state index in [-0.39, 0.29) is 18.5 Å². The van der Waals surface area contributed by atoms with Crippen LogP contribution in [0, 0.1) is 12.7 Å². The number of aliphatic hydroxyl groups is 1. The summed E-state index contributed by atoms with van der Waals surface area (Å²) in [7, 11) is 1.89. The standard InChI is InChI=1S/C17H27FN2O/c1-12-10-17(15(11-16(12)18)13(2)19-3)20(8-9-21)14-6-4-5-7-14/h10-11,13-14,19,21H,4-9H2,1-3H3. The highest BCUT2D eigenvalue weighted by Gasteiger charge is 2.26. The maximum atomic E-state index is 14.0. The van der Waals surface area contributed by atoms with E-state index >= 15 is 0 Å². The van der Waals surface area contributed by atoms with Crippen LogP contribution >= 0.6 is 0 Å². The summed E-state index contributed by atoms with van der Waals surface area (Å²) in [5, 5.41) is 12.6. The van der Waals surface area contributed by atoms with Gasteiger partial charge in [-0.25, -0.2) is 4.39 Å². The number of rotatable bonds is 6. The van der Waals surface area contributed by atoms with Gasteiger partial charge in [-0.05, 0) is 57.0 Å². The molecule has 2 N–H and O–H groups in total. The van der Waals surface area contributed by atoms with Crippen molar-refractivity contribution in [3.8, 4) is 0 Å². The number of hydrogen-bond acceptors (Lipinski definition) is 3. The molecule has 0 aromatic heterocycles. The maximum absolute atomic E-state index is 14.0. The lowest BCUT2D eigenvalue weighted by molar-refractivity contribution is 0.297. The van der Waals surface area contributed by atoms with Crippen molar-refractivity contribution in [3.05, 3.63) is 29.1 Å². The third-order valence-corrected chi connectivity index (χ3v) is 4.62. The van der Waals surface area contributed by atoms with Crippen LogP contribution < -0.4 is 10.2 Å². The quantitative estimate of drug-likeness (QED) is 0.846. The number of benzene rings is 1. The first-order valence-electron chi connectivity index (χ1n) is 7.93. The second-order valence-corrected chi connectivity index (χ2v) is 6.03. The monoisotopic (exact) mass is 294 g/mol. The smallest absolute Gasteiger partial charge is 0.126 e. The summed E-state index contributed by atoms with van der Waals surface area (Å²) in [5.41, 5.74) is 2.70. The molecule has 1 aromatic rings. The van der Waals surface area contributed by atoms with Gasteiger partial charge in [0.1, 0.15) is 5.82 Å². The summed E-state index contributed by atoms with van der Waals surface area (Å²) in [5.74, 6) is -0.161. The van der Waals surface area contributed by atoms with Crippen LogP contribution in [-0.2, 0) is 0 Å². The number of anilines is 1. The molecule has 0 heterocycles. The van der Waals surface area contributed by atoms with Crippen LogP contribution in [0.1, 0.15) is 49.8 Å². The minimum absolute atomic E-state index is 0.0812. The molecule has 21 heavy (non-hydrogen) atoms. The van der Waals surface area contributed by atoms with Crippen LogP contribution in [0.15, 0.2) is 12.1 Å². The number of nitrogens with one attached hydrogen (secondary N) is 1. The second kappa shape index (κ2) is 7.23. The molecule has 1 aromatic carbocycles. The third kappa shape index (κ3) is 3.55. The molecule has 1 atom stereocenters. The van der Waals surface area contributed by atoms with Gasteiger partial charge < -0.3 is 15.3 Å². The van der Waals surface area contributed by atoms with Crippen LogP contribution in [0.25, 0.3) is 0 Å². The molecule has 2 rings (SSSR count). The van der Waals surface area contributed by atoms with Gasteiger partial charge in [0.15, 0.2) is 0 Å². The Hall–Kier alpha value is -1.13. The first-order chi connectivity index (χ1) is 10.1. The topological polar surface area (TPSA) is 35.5 Å². The van der Waals surface area contributed by atoms with E-state index in [2.05, 4.69) is 10.2 Å². The van der Waals surface area contributed by atoms with Crippen molar-refractivity contribution in [1.29, 1.82) is 0 Å². The molecule has 3 nitrogen and oxygen atoms in total. The maximum Gasteiger partial charge on any atom is 0.126 e. The molecule has 1 fully saturated rings. The van der Waals surface area contributed by atoms with E-state index < -0.39 is 0 Å². The fraction of sp³-hybridized carbons (Fsp3) is 0.647. The van der Waals surface area contributed by atoms with E-state index in [0.717, 1.165) is 24.1 Å². The Labute approximate surface area is 127 Å². The summed E-state index contributed by atoms with van der Waals surface area (Å²) in [4.78, 5) is 2.28. The molecule has 4 heteroatoms. The molecule has 118 valence electrons. The zero-order chi connectivity index (χ0) is 15.4. The highest BCUT2D eigenvalue weighted by Crippen LogP contribution is 2.34. The number of aryl methyl sites for hydroxylation is 1. The molecule has 1 aliphatic carbocycles. The lowest BCUT2D eigenvalue weighted by Crippen LogP contribution is -2.37. The molecular formula is C17H27FN2O. The van der Waals surface area contributed by atoms with Gasteiger partial charge in [-0.15, -0.1) is 0 Å². The molecule has 1 unspecified atom stereocenters. The zero-order valence-corrected chi connectivity index (χ0v) is 13.3. The van der Waals surface area contributed by atoms with Gasteiger partial charge in [0.2, 0.25) is 0 Å². The van der Waals surface area contributed by atoms with Gasteiger partial charge in [0, 0.05) is 24.3 Å². The van der Waals surface area contributed by atoms with Gasteiger partial charge in [0.25, 0.3) is 0 Å². The largest absolute Gasteiger partial charge is 0.395 e. The van der Waals surface area contributed by atoms with Gasteiger partial charge in [0.05, 0.1) is 6.61 Å². The van der Waals surface area contributed by atoms with E-state index in [1.165, 1.54) is 12.8 Å². The molecule has 0 radical (unpaired) electrons.